The summed E-state index contributed by atoms with van der Waals surface area (Å²) in [5.74, 6) is 0.129. The van der Waals surface area contributed by atoms with Crippen LogP contribution in [0.4, 0.5) is 5.69 Å². The van der Waals surface area contributed by atoms with Crippen molar-refractivity contribution >= 4 is 39.9 Å². The minimum Gasteiger partial charge on any atom is -0.497 e. The average Bonchev–Trinajstić information content (AvgIpc) is 3.12. The summed E-state index contributed by atoms with van der Waals surface area (Å²) in [5, 5.41) is 0.707. The number of carbonyl (C=O) groups excluding carboxylic acids is 2. The Morgan fingerprint density at radius 3 is 2.33 bits per heavy atom. The summed E-state index contributed by atoms with van der Waals surface area (Å²) in [5.41, 5.74) is 2.00. The molecule has 33 heavy (non-hydrogen) atoms. The van der Waals surface area contributed by atoms with Crippen LogP contribution in [0, 0.1) is 0 Å². The van der Waals surface area contributed by atoms with Gasteiger partial charge in [-0.15, -0.1) is 0 Å². The number of fused-ring (bicyclic) bond motifs is 2. The number of ketones is 1. The van der Waals surface area contributed by atoms with Crippen molar-refractivity contribution < 1.29 is 18.7 Å². The number of Topliss-reactive ketones (excluding diaryl/α,β-unsaturated/α-hetero) is 1. The summed E-state index contributed by atoms with van der Waals surface area (Å²) in [6.07, 6.45) is 0. The van der Waals surface area contributed by atoms with Gasteiger partial charge < -0.3 is 9.15 Å². The normalized spacial score (nSPS) is 15.1. The highest BCUT2D eigenvalue weighted by atomic mass is 35.5. The fourth-order valence-corrected chi connectivity index (χ4v) is 4.34. The van der Waals surface area contributed by atoms with Gasteiger partial charge in [0.25, 0.3) is 5.91 Å². The van der Waals surface area contributed by atoms with Crippen molar-refractivity contribution in [2.24, 2.45) is 0 Å². The van der Waals surface area contributed by atoms with Crippen molar-refractivity contribution in [3.63, 3.8) is 0 Å². The van der Waals surface area contributed by atoms with Gasteiger partial charge in [0.15, 0.2) is 11.2 Å². The zero-order valence-corrected chi connectivity index (χ0v) is 18.6. The molecule has 2 heterocycles. The smallest absolute Gasteiger partial charge is 0.295 e. The van der Waals surface area contributed by atoms with Crippen LogP contribution in [0.1, 0.15) is 45.0 Å². The molecule has 4 aromatic rings. The first-order valence-electron chi connectivity index (χ1n) is 10.2. The van der Waals surface area contributed by atoms with E-state index in [1.54, 1.807) is 61.7 Å². The van der Waals surface area contributed by atoms with E-state index in [1.807, 2.05) is 12.1 Å². The Morgan fingerprint density at radius 2 is 1.70 bits per heavy atom. The van der Waals surface area contributed by atoms with Crippen molar-refractivity contribution in [2.45, 2.75) is 13.0 Å². The van der Waals surface area contributed by atoms with Crippen molar-refractivity contribution in [3.05, 3.63) is 104 Å². The van der Waals surface area contributed by atoms with Crippen LogP contribution in [-0.2, 0) is 0 Å². The second-order valence-corrected chi connectivity index (χ2v) is 8.20. The minimum absolute atomic E-state index is 0.00807. The molecule has 5 rings (SSSR count). The first-order valence-corrected chi connectivity index (χ1v) is 10.6. The van der Waals surface area contributed by atoms with Crippen LogP contribution in [0.25, 0.3) is 11.0 Å². The lowest BCUT2D eigenvalue weighted by Crippen LogP contribution is -2.29. The molecule has 164 valence electrons. The van der Waals surface area contributed by atoms with Crippen molar-refractivity contribution in [1.29, 1.82) is 0 Å². The van der Waals surface area contributed by atoms with E-state index in [0.29, 0.717) is 38.6 Å². The molecule has 1 atom stereocenters. The molecule has 3 aromatic carbocycles. The molecule has 1 amide bonds. The third kappa shape index (κ3) is 3.39. The maximum absolute atomic E-state index is 13.6. The quantitative estimate of drug-likeness (QED) is 0.381. The van der Waals surface area contributed by atoms with Gasteiger partial charge in [-0.3, -0.25) is 19.3 Å². The number of hydrogen-bond donors (Lipinski definition) is 0. The molecule has 1 aromatic heterocycles. The number of amides is 1. The molecule has 0 bridgehead atoms. The number of nitrogens with zero attached hydrogens (tertiary/aromatic N) is 1. The van der Waals surface area contributed by atoms with Crippen LogP contribution in [0.3, 0.4) is 0 Å². The molecule has 0 aliphatic carbocycles. The van der Waals surface area contributed by atoms with Crippen LogP contribution in [0.15, 0.2) is 75.9 Å². The highest BCUT2D eigenvalue weighted by Crippen LogP contribution is 2.41. The zero-order valence-electron chi connectivity index (χ0n) is 17.8. The Balaban J connectivity index is 1.76. The van der Waals surface area contributed by atoms with Crippen LogP contribution < -0.4 is 15.1 Å². The molecule has 0 fully saturated rings. The molecule has 0 saturated carbocycles. The van der Waals surface area contributed by atoms with E-state index < -0.39 is 11.9 Å². The number of methoxy groups -OCH3 is 1. The lowest BCUT2D eigenvalue weighted by molar-refractivity contribution is 0.0970. The second-order valence-electron chi connectivity index (χ2n) is 7.77. The first kappa shape index (κ1) is 21.0. The topological polar surface area (TPSA) is 76.8 Å². The van der Waals surface area contributed by atoms with Gasteiger partial charge in [0.2, 0.25) is 5.76 Å². The van der Waals surface area contributed by atoms with E-state index in [-0.39, 0.29) is 22.5 Å². The van der Waals surface area contributed by atoms with Crippen molar-refractivity contribution in [3.8, 4) is 5.75 Å². The summed E-state index contributed by atoms with van der Waals surface area (Å²) in [6.45, 7) is 1.48. The number of hydrogen-bond acceptors (Lipinski definition) is 5. The molecular formula is C26H18ClNO5. The fourth-order valence-electron chi connectivity index (χ4n) is 4.17. The van der Waals surface area contributed by atoms with E-state index in [9.17, 15) is 14.4 Å². The molecule has 1 aliphatic heterocycles. The predicted molar refractivity (Wildman–Crippen MR) is 126 cm³/mol. The van der Waals surface area contributed by atoms with Gasteiger partial charge in [-0.1, -0.05) is 23.7 Å². The highest BCUT2D eigenvalue weighted by Gasteiger charge is 2.43. The largest absolute Gasteiger partial charge is 0.497 e. The lowest BCUT2D eigenvalue weighted by Gasteiger charge is -2.25. The SMILES string of the molecule is COc1ccc(C2c3c(oc4ccc(Cl)cc4c3=O)C(=O)N2c2ccc(C(C)=O)cc2)cc1. The molecule has 0 spiro atoms. The Morgan fingerprint density at radius 1 is 1.00 bits per heavy atom. The third-order valence-electron chi connectivity index (χ3n) is 5.82. The standard InChI is InChI=1S/C26H18ClNO5/c1-14(29)15-3-8-18(9-4-15)28-23(16-5-10-19(32-2)11-6-16)22-24(30)20-13-17(27)7-12-21(20)33-25(22)26(28)31/h3-13,23H,1-2H3. The number of anilines is 1. The van der Waals surface area contributed by atoms with Gasteiger partial charge in [-0.25, -0.2) is 0 Å². The summed E-state index contributed by atoms with van der Waals surface area (Å²) in [6, 6.07) is 17.9. The van der Waals surface area contributed by atoms with Gasteiger partial charge in [0, 0.05) is 16.3 Å². The van der Waals surface area contributed by atoms with Gasteiger partial charge >= 0.3 is 0 Å². The van der Waals surface area contributed by atoms with E-state index in [1.165, 1.54) is 11.8 Å². The average molecular weight is 460 g/mol. The lowest BCUT2D eigenvalue weighted by atomic mass is 9.98. The summed E-state index contributed by atoms with van der Waals surface area (Å²) >= 11 is 6.12. The predicted octanol–water partition coefficient (Wildman–Crippen LogP) is 5.41. The van der Waals surface area contributed by atoms with E-state index >= 15 is 0 Å². The Bertz CT molecular complexity index is 1470. The van der Waals surface area contributed by atoms with Gasteiger partial charge in [-0.2, -0.15) is 0 Å². The molecule has 0 N–H and O–H groups in total. The van der Waals surface area contributed by atoms with E-state index in [4.69, 9.17) is 20.8 Å². The number of benzene rings is 3. The minimum atomic E-state index is -0.721. The fraction of sp³-hybridized carbons (Fsp3) is 0.115. The Labute approximate surface area is 194 Å². The van der Waals surface area contributed by atoms with Gasteiger partial charge in [0.1, 0.15) is 11.3 Å². The van der Waals surface area contributed by atoms with Gasteiger partial charge in [0.05, 0.1) is 24.1 Å². The molecule has 0 radical (unpaired) electrons. The summed E-state index contributed by atoms with van der Waals surface area (Å²) < 4.78 is 11.2. The van der Waals surface area contributed by atoms with Crippen LogP contribution in [-0.4, -0.2) is 18.8 Å². The highest BCUT2D eigenvalue weighted by molar-refractivity contribution is 6.31. The number of carbonyl (C=O) groups is 2. The zero-order chi connectivity index (χ0) is 23.3. The van der Waals surface area contributed by atoms with Crippen molar-refractivity contribution in [1.82, 2.24) is 0 Å². The molecule has 6 nitrogen and oxygen atoms in total. The van der Waals surface area contributed by atoms with Gasteiger partial charge in [-0.05, 0) is 67.1 Å². The van der Waals surface area contributed by atoms with E-state index in [0.717, 1.165) is 0 Å². The van der Waals surface area contributed by atoms with Crippen molar-refractivity contribution in [2.75, 3.05) is 12.0 Å². The molecule has 1 unspecified atom stereocenters. The second kappa shape index (κ2) is 7.90. The number of rotatable bonds is 4. The van der Waals surface area contributed by atoms with E-state index in [2.05, 4.69) is 0 Å². The number of ether oxygens (including phenoxy) is 1. The van der Waals surface area contributed by atoms with Crippen LogP contribution in [0.2, 0.25) is 5.02 Å². The number of halogens is 1. The maximum atomic E-state index is 13.6. The maximum Gasteiger partial charge on any atom is 0.295 e. The summed E-state index contributed by atoms with van der Waals surface area (Å²) in [4.78, 5) is 40.4. The molecule has 7 heteroatoms. The van der Waals surface area contributed by atoms with Crippen LogP contribution >= 0.6 is 11.6 Å². The molecule has 1 aliphatic rings. The Kier molecular flexibility index (Phi) is 5.02. The summed E-state index contributed by atoms with van der Waals surface area (Å²) in [7, 11) is 1.57. The molecular weight excluding hydrogens is 442 g/mol. The third-order valence-corrected chi connectivity index (χ3v) is 6.05. The first-order chi connectivity index (χ1) is 15.9. The Hall–Kier alpha value is -3.90. The monoisotopic (exact) mass is 459 g/mol. The molecule has 0 saturated heterocycles. The van der Waals surface area contributed by atoms with Crippen LogP contribution in [0.5, 0.6) is 5.75 Å².